The molecule has 1 unspecified atom stereocenters. The second-order valence-electron chi connectivity index (χ2n) is 4.52. The minimum absolute atomic E-state index is 0.000848. The summed E-state index contributed by atoms with van der Waals surface area (Å²) >= 11 is 2.19. The zero-order chi connectivity index (χ0) is 13.6. The topological polar surface area (TPSA) is 61.7 Å². The Bertz CT molecular complexity index is 743. The first kappa shape index (κ1) is 12.5. The van der Waals surface area contributed by atoms with Gasteiger partial charge in [-0.2, -0.15) is 5.10 Å². The minimum atomic E-state index is 0.000848. The molecule has 0 bridgehead atoms. The maximum Gasteiger partial charge on any atom is 0.136 e. The molecule has 0 saturated carbocycles. The molecule has 1 aromatic carbocycles. The van der Waals surface area contributed by atoms with Crippen LogP contribution in [0.5, 0.6) is 0 Å². The highest BCUT2D eigenvalue weighted by atomic mass is 127. The van der Waals surface area contributed by atoms with E-state index in [4.69, 9.17) is 5.73 Å². The first-order chi connectivity index (χ1) is 9.09. The number of aryl methyl sites for hydroxylation is 1. The number of nitrogens with two attached hydrogens (primary N) is 1. The van der Waals surface area contributed by atoms with Gasteiger partial charge in [-0.3, -0.25) is 0 Å². The third-order valence-electron chi connectivity index (χ3n) is 3.35. The van der Waals surface area contributed by atoms with Gasteiger partial charge in [0.05, 0.1) is 20.8 Å². The predicted octanol–water partition coefficient (Wildman–Crippen LogP) is 2.57. The zero-order valence-electron chi connectivity index (χ0n) is 10.7. The lowest BCUT2D eigenvalue weighted by Crippen LogP contribution is -2.15. The van der Waals surface area contributed by atoms with Crippen LogP contribution >= 0.6 is 22.6 Å². The van der Waals surface area contributed by atoms with Gasteiger partial charge in [0, 0.05) is 7.05 Å². The van der Waals surface area contributed by atoms with Crippen molar-refractivity contribution in [1.29, 1.82) is 0 Å². The molecular formula is C13H14IN5. The third-order valence-corrected chi connectivity index (χ3v) is 4.18. The molecular weight excluding hydrogens is 353 g/mol. The number of hydrogen-bond acceptors (Lipinski definition) is 3. The molecule has 2 heterocycles. The Hall–Kier alpha value is -1.57. The van der Waals surface area contributed by atoms with Gasteiger partial charge in [-0.05, 0) is 41.6 Å². The second-order valence-corrected chi connectivity index (χ2v) is 5.68. The van der Waals surface area contributed by atoms with Gasteiger partial charge in [0.25, 0.3) is 0 Å². The van der Waals surface area contributed by atoms with Crippen LogP contribution in [0.25, 0.3) is 11.0 Å². The molecule has 0 aliphatic carbocycles. The number of halogens is 1. The van der Waals surface area contributed by atoms with Crippen molar-refractivity contribution in [2.75, 3.05) is 5.73 Å². The average Bonchev–Trinajstić information content (AvgIpc) is 2.92. The van der Waals surface area contributed by atoms with E-state index in [0.717, 1.165) is 20.4 Å². The summed E-state index contributed by atoms with van der Waals surface area (Å²) in [6, 6.07) is 8.09. The van der Waals surface area contributed by atoms with Crippen LogP contribution in [0, 0.1) is 3.57 Å². The molecule has 6 heteroatoms. The van der Waals surface area contributed by atoms with Crippen molar-refractivity contribution in [3.63, 3.8) is 0 Å². The summed E-state index contributed by atoms with van der Waals surface area (Å²) in [5.41, 5.74) is 8.15. The Morgan fingerprint density at radius 2 is 2.05 bits per heavy atom. The van der Waals surface area contributed by atoms with E-state index in [1.165, 1.54) is 0 Å². The van der Waals surface area contributed by atoms with Crippen molar-refractivity contribution >= 4 is 39.4 Å². The molecule has 3 rings (SSSR count). The zero-order valence-corrected chi connectivity index (χ0v) is 12.9. The highest BCUT2D eigenvalue weighted by Gasteiger charge is 2.19. The molecule has 19 heavy (non-hydrogen) atoms. The van der Waals surface area contributed by atoms with Gasteiger partial charge < -0.3 is 10.3 Å². The van der Waals surface area contributed by atoms with Crippen LogP contribution in [-0.2, 0) is 7.05 Å². The summed E-state index contributed by atoms with van der Waals surface area (Å²) in [6.07, 6.45) is 1.77. The third kappa shape index (κ3) is 1.90. The largest absolute Gasteiger partial charge is 0.383 e. The molecule has 0 amide bonds. The molecule has 0 radical (unpaired) electrons. The smallest absolute Gasteiger partial charge is 0.136 e. The van der Waals surface area contributed by atoms with Gasteiger partial charge in [-0.25, -0.2) is 9.67 Å². The normalized spacial score (nSPS) is 13.0. The van der Waals surface area contributed by atoms with Crippen LogP contribution in [0.15, 0.2) is 30.5 Å². The number of nitrogens with zero attached hydrogens (tertiary/aromatic N) is 4. The van der Waals surface area contributed by atoms with Crippen molar-refractivity contribution in [3.05, 3.63) is 39.9 Å². The van der Waals surface area contributed by atoms with Gasteiger partial charge in [0.15, 0.2) is 0 Å². The summed E-state index contributed by atoms with van der Waals surface area (Å²) in [4.78, 5) is 4.68. The number of para-hydroxylation sites is 2. The number of fused-ring (bicyclic) bond motifs is 1. The van der Waals surface area contributed by atoms with Gasteiger partial charge in [0.1, 0.15) is 17.7 Å². The van der Waals surface area contributed by atoms with Crippen LogP contribution in [0.1, 0.15) is 18.8 Å². The van der Waals surface area contributed by atoms with Crippen LogP contribution < -0.4 is 5.73 Å². The number of imidazole rings is 1. The fourth-order valence-electron chi connectivity index (χ4n) is 2.31. The van der Waals surface area contributed by atoms with E-state index in [0.29, 0.717) is 5.82 Å². The van der Waals surface area contributed by atoms with Crippen LogP contribution in [0.2, 0.25) is 0 Å². The Morgan fingerprint density at radius 1 is 1.32 bits per heavy atom. The van der Waals surface area contributed by atoms with Gasteiger partial charge in [0.2, 0.25) is 0 Å². The van der Waals surface area contributed by atoms with Gasteiger partial charge in [-0.1, -0.05) is 12.1 Å². The van der Waals surface area contributed by atoms with Crippen molar-refractivity contribution in [1.82, 2.24) is 19.3 Å². The molecule has 0 spiro atoms. The van der Waals surface area contributed by atoms with Crippen LogP contribution in [0.3, 0.4) is 0 Å². The standard InChI is InChI=1S/C13H14IN5/c1-8(19-12(15)9(14)7-16-19)13-17-10-5-3-4-6-11(10)18(13)2/h3-8H,15H2,1-2H3. The summed E-state index contributed by atoms with van der Waals surface area (Å²) in [7, 11) is 2.02. The number of aromatic nitrogens is 4. The van der Waals surface area contributed by atoms with Crippen molar-refractivity contribution in [2.45, 2.75) is 13.0 Å². The molecule has 0 fully saturated rings. The van der Waals surface area contributed by atoms with Crippen molar-refractivity contribution < 1.29 is 0 Å². The molecule has 5 nitrogen and oxygen atoms in total. The fourth-order valence-corrected chi connectivity index (χ4v) is 2.68. The maximum atomic E-state index is 6.04. The highest BCUT2D eigenvalue weighted by Crippen LogP contribution is 2.25. The second kappa shape index (κ2) is 4.52. The quantitative estimate of drug-likeness (QED) is 0.709. The SMILES string of the molecule is CC(c1nc2ccccc2n1C)n1ncc(I)c1N. The van der Waals surface area contributed by atoms with Gasteiger partial charge >= 0.3 is 0 Å². The number of anilines is 1. The summed E-state index contributed by atoms with van der Waals surface area (Å²) < 4.78 is 4.86. The van der Waals surface area contributed by atoms with E-state index in [1.54, 1.807) is 6.20 Å². The van der Waals surface area contributed by atoms with Crippen LogP contribution in [0.4, 0.5) is 5.82 Å². The molecule has 0 saturated heterocycles. The molecule has 98 valence electrons. The van der Waals surface area contributed by atoms with Gasteiger partial charge in [-0.15, -0.1) is 0 Å². The summed E-state index contributed by atoms with van der Waals surface area (Å²) in [6.45, 7) is 2.06. The molecule has 2 aromatic heterocycles. The first-order valence-corrected chi connectivity index (χ1v) is 7.07. The number of benzene rings is 1. The van der Waals surface area contributed by atoms with E-state index in [-0.39, 0.29) is 6.04 Å². The minimum Gasteiger partial charge on any atom is -0.383 e. The first-order valence-electron chi connectivity index (χ1n) is 5.99. The Labute approximate surface area is 124 Å². The highest BCUT2D eigenvalue weighted by molar-refractivity contribution is 14.1. The summed E-state index contributed by atoms with van der Waals surface area (Å²) in [5, 5.41) is 4.33. The lowest BCUT2D eigenvalue weighted by molar-refractivity contribution is 0.530. The molecule has 2 N–H and O–H groups in total. The van der Waals surface area contributed by atoms with E-state index in [1.807, 2.05) is 29.9 Å². The van der Waals surface area contributed by atoms with Crippen LogP contribution in [-0.4, -0.2) is 19.3 Å². The predicted molar refractivity (Wildman–Crippen MR) is 83.9 cm³/mol. The molecule has 3 aromatic rings. The van der Waals surface area contributed by atoms with E-state index in [9.17, 15) is 0 Å². The van der Waals surface area contributed by atoms with E-state index < -0.39 is 0 Å². The summed E-state index contributed by atoms with van der Waals surface area (Å²) in [5.74, 6) is 1.63. The number of rotatable bonds is 2. The average molecular weight is 367 g/mol. The molecule has 0 aliphatic heterocycles. The molecule has 0 aliphatic rings. The maximum absolute atomic E-state index is 6.04. The lowest BCUT2D eigenvalue weighted by atomic mass is 10.3. The Balaban J connectivity index is 2.14. The fraction of sp³-hybridized carbons (Fsp3) is 0.231. The Morgan fingerprint density at radius 3 is 2.68 bits per heavy atom. The van der Waals surface area contributed by atoms with E-state index >= 15 is 0 Å². The number of hydrogen-bond donors (Lipinski definition) is 1. The monoisotopic (exact) mass is 367 g/mol. The van der Waals surface area contributed by atoms with Crippen molar-refractivity contribution in [3.8, 4) is 0 Å². The lowest BCUT2D eigenvalue weighted by Gasteiger charge is -2.13. The Kier molecular flexibility index (Phi) is 2.96. The van der Waals surface area contributed by atoms with Crippen molar-refractivity contribution in [2.24, 2.45) is 7.05 Å². The van der Waals surface area contributed by atoms with E-state index in [2.05, 4.69) is 50.2 Å². The number of nitrogen functional groups attached to an aromatic ring is 1. The molecule has 1 atom stereocenters.